The SMILES string of the molecule is O=C(NN1Cc2cccc3cccc(c23)C1)C1=NN(c2ccc(Cl)cc2Cl)C(c2ccc(Cl)cc2)C1. The first-order chi connectivity index (χ1) is 17.5. The number of nitrogens with one attached hydrogen (secondary N) is 1. The van der Waals surface area contributed by atoms with Gasteiger partial charge in [0.2, 0.25) is 0 Å². The molecule has 1 N–H and O–H groups in total. The third-order valence-electron chi connectivity index (χ3n) is 6.64. The number of hydrogen-bond donors (Lipinski definition) is 1. The minimum absolute atomic E-state index is 0.211. The van der Waals surface area contributed by atoms with Crippen LogP contribution in [0.2, 0.25) is 15.1 Å². The lowest BCUT2D eigenvalue weighted by atomic mass is 9.96. The Hall–Kier alpha value is -3.09. The highest BCUT2D eigenvalue weighted by molar-refractivity contribution is 6.40. The average Bonchev–Trinajstić information content (AvgIpc) is 3.30. The predicted molar refractivity (Wildman–Crippen MR) is 147 cm³/mol. The normalized spacial score (nSPS) is 17.4. The van der Waals surface area contributed by atoms with Gasteiger partial charge in [0.1, 0.15) is 5.71 Å². The molecular formula is C28H21Cl3N4O. The summed E-state index contributed by atoms with van der Waals surface area (Å²) in [6, 6.07) is 25.2. The van der Waals surface area contributed by atoms with Crippen molar-refractivity contribution >= 4 is 62.9 Å². The van der Waals surface area contributed by atoms with Crippen LogP contribution in [0.3, 0.4) is 0 Å². The van der Waals surface area contributed by atoms with Crippen LogP contribution in [0.4, 0.5) is 5.69 Å². The Balaban J connectivity index is 1.28. The summed E-state index contributed by atoms with van der Waals surface area (Å²) in [6.07, 6.45) is 0.423. The van der Waals surface area contributed by atoms with Crippen LogP contribution in [0.5, 0.6) is 0 Å². The van der Waals surface area contributed by atoms with Gasteiger partial charge >= 0.3 is 0 Å². The first kappa shape index (κ1) is 23.3. The largest absolute Gasteiger partial charge is 0.283 e. The summed E-state index contributed by atoms with van der Waals surface area (Å²) in [5.41, 5.74) is 7.56. The van der Waals surface area contributed by atoms with Crippen LogP contribution in [-0.2, 0) is 17.9 Å². The van der Waals surface area contributed by atoms with Gasteiger partial charge in [-0.2, -0.15) is 5.10 Å². The van der Waals surface area contributed by atoms with Gasteiger partial charge < -0.3 is 0 Å². The average molecular weight is 536 g/mol. The molecule has 4 aromatic carbocycles. The van der Waals surface area contributed by atoms with Crippen LogP contribution in [0, 0.1) is 0 Å². The molecule has 36 heavy (non-hydrogen) atoms. The summed E-state index contributed by atoms with van der Waals surface area (Å²) in [5, 5.41) is 12.6. The third kappa shape index (κ3) is 4.33. The molecule has 0 saturated heterocycles. The highest BCUT2D eigenvalue weighted by atomic mass is 35.5. The Labute approximate surface area is 223 Å². The first-order valence-electron chi connectivity index (χ1n) is 11.6. The molecule has 2 heterocycles. The van der Waals surface area contributed by atoms with Crippen LogP contribution in [-0.4, -0.2) is 16.6 Å². The molecule has 2 aliphatic heterocycles. The van der Waals surface area contributed by atoms with Crippen molar-refractivity contribution in [3.05, 3.63) is 111 Å². The summed E-state index contributed by atoms with van der Waals surface area (Å²) >= 11 is 18.8. The fraction of sp³-hybridized carbons (Fsp3) is 0.143. The van der Waals surface area contributed by atoms with Crippen molar-refractivity contribution in [1.82, 2.24) is 10.4 Å². The Bertz CT molecular complexity index is 1480. The Kier molecular flexibility index (Phi) is 6.10. The third-order valence-corrected chi connectivity index (χ3v) is 7.43. The second kappa shape index (κ2) is 9.41. The maximum Gasteiger partial charge on any atom is 0.281 e. The molecule has 2 aliphatic rings. The van der Waals surface area contributed by atoms with Crippen LogP contribution in [0.15, 0.2) is 84.0 Å². The molecule has 4 aromatic rings. The number of hydrazine groups is 1. The molecule has 1 amide bonds. The van der Waals surface area contributed by atoms with E-state index in [0.717, 1.165) is 5.56 Å². The lowest BCUT2D eigenvalue weighted by molar-refractivity contribution is -0.120. The molecule has 0 bridgehead atoms. The van der Waals surface area contributed by atoms with E-state index in [2.05, 4.69) is 41.8 Å². The molecule has 6 rings (SSSR count). The van der Waals surface area contributed by atoms with Crippen LogP contribution >= 0.6 is 34.8 Å². The van der Waals surface area contributed by atoms with Gasteiger partial charge in [-0.05, 0) is 57.8 Å². The minimum Gasteiger partial charge on any atom is -0.283 e. The summed E-state index contributed by atoms with van der Waals surface area (Å²) < 4.78 is 0. The zero-order valence-corrected chi connectivity index (χ0v) is 21.4. The minimum atomic E-state index is -0.229. The first-order valence-corrected chi connectivity index (χ1v) is 12.7. The lowest BCUT2D eigenvalue weighted by Gasteiger charge is -2.29. The molecule has 0 spiro atoms. The Morgan fingerprint density at radius 3 is 2.19 bits per heavy atom. The number of nitrogens with zero attached hydrogens (tertiary/aromatic N) is 3. The smallest absolute Gasteiger partial charge is 0.281 e. The highest BCUT2D eigenvalue weighted by Crippen LogP contribution is 2.40. The second-order valence-corrected chi connectivity index (χ2v) is 10.3. The van der Waals surface area contributed by atoms with Crippen LogP contribution < -0.4 is 10.4 Å². The topological polar surface area (TPSA) is 47.9 Å². The van der Waals surface area contributed by atoms with Gasteiger partial charge in [-0.25, -0.2) is 5.01 Å². The summed E-state index contributed by atoms with van der Waals surface area (Å²) in [4.78, 5) is 13.4. The number of amides is 1. The molecule has 8 heteroatoms. The second-order valence-electron chi connectivity index (χ2n) is 8.99. The van der Waals surface area contributed by atoms with E-state index in [1.54, 1.807) is 17.1 Å². The van der Waals surface area contributed by atoms with Gasteiger partial charge in [0.25, 0.3) is 5.91 Å². The fourth-order valence-electron chi connectivity index (χ4n) is 5.00. The molecular weight excluding hydrogens is 515 g/mol. The molecule has 180 valence electrons. The monoisotopic (exact) mass is 534 g/mol. The van der Waals surface area contributed by atoms with Crippen molar-refractivity contribution in [3.8, 4) is 0 Å². The molecule has 0 aromatic heterocycles. The molecule has 0 aliphatic carbocycles. The quantitative estimate of drug-likeness (QED) is 0.302. The van der Waals surface area contributed by atoms with Crippen molar-refractivity contribution < 1.29 is 4.79 Å². The van der Waals surface area contributed by atoms with E-state index >= 15 is 0 Å². The van der Waals surface area contributed by atoms with Gasteiger partial charge in [-0.15, -0.1) is 0 Å². The fourth-order valence-corrected chi connectivity index (χ4v) is 5.62. The number of rotatable bonds is 4. The highest BCUT2D eigenvalue weighted by Gasteiger charge is 2.34. The number of carbonyl (C=O) groups excluding carboxylic acids is 1. The van der Waals surface area contributed by atoms with Crippen LogP contribution in [0.25, 0.3) is 10.8 Å². The van der Waals surface area contributed by atoms with E-state index in [0.29, 0.717) is 46.0 Å². The Morgan fingerprint density at radius 1 is 0.861 bits per heavy atom. The standard InChI is InChI=1S/C28H21Cl3N4O/c29-21-9-7-17(8-10-21)26-14-24(32-35(26)25-12-11-22(30)13-23(25)31)28(36)33-34-15-19-5-1-3-18-4-2-6-20(16-34)27(18)19/h1-13,26H,14-16H2,(H,33,36). The van der Waals surface area contributed by atoms with E-state index in [1.165, 1.54) is 21.9 Å². The van der Waals surface area contributed by atoms with Gasteiger partial charge in [0, 0.05) is 29.6 Å². The lowest BCUT2D eigenvalue weighted by Crippen LogP contribution is -2.45. The number of hydrogen-bond acceptors (Lipinski definition) is 4. The van der Waals surface area contributed by atoms with Crippen molar-refractivity contribution in [2.75, 3.05) is 5.01 Å². The Morgan fingerprint density at radius 2 is 1.53 bits per heavy atom. The van der Waals surface area contributed by atoms with Gasteiger partial charge in [0.15, 0.2) is 0 Å². The molecule has 1 unspecified atom stereocenters. The molecule has 0 fully saturated rings. The molecule has 1 atom stereocenters. The number of anilines is 1. The summed E-state index contributed by atoms with van der Waals surface area (Å²) in [5.74, 6) is -0.229. The summed E-state index contributed by atoms with van der Waals surface area (Å²) in [7, 11) is 0. The van der Waals surface area contributed by atoms with E-state index in [1.807, 2.05) is 35.3 Å². The molecule has 5 nitrogen and oxygen atoms in total. The summed E-state index contributed by atoms with van der Waals surface area (Å²) in [6.45, 7) is 1.25. The van der Waals surface area contributed by atoms with Gasteiger partial charge in [0.05, 0.1) is 16.8 Å². The maximum atomic E-state index is 13.4. The number of halogens is 3. The van der Waals surface area contributed by atoms with E-state index in [9.17, 15) is 4.79 Å². The van der Waals surface area contributed by atoms with Crippen molar-refractivity contribution in [1.29, 1.82) is 0 Å². The van der Waals surface area contributed by atoms with E-state index in [-0.39, 0.29) is 11.9 Å². The van der Waals surface area contributed by atoms with Crippen molar-refractivity contribution in [2.24, 2.45) is 5.10 Å². The number of hydrazone groups is 1. The number of benzene rings is 4. The maximum absolute atomic E-state index is 13.4. The molecule has 0 saturated carbocycles. The van der Waals surface area contributed by atoms with Gasteiger partial charge in [-0.1, -0.05) is 83.3 Å². The number of carbonyl (C=O) groups is 1. The van der Waals surface area contributed by atoms with E-state index in [4.69, 9.17) is 39.9 Å². The zero-order valence-electron chi connectivity index (χ0n) is 19.1. The van der Waals surface area contributed by atoms with Crippen LogP contribution in [0.1, 0.15) is 29.2 Å². The van der Waals surface area contributed by atoms with Crippen molar-refractivity contribution in [3.63, 3.8) is 0 Å². The van der Waals surface area contributed by atoms with Crippen molar-refractivity contribution in [2.45, 2.75) is 25.6 Å². The van der Waals surface area contributed by atoms with Gasteiger partial charge in [-0.3, -0.25) is 15.2 Å². The molecule has 0 radical (unpaired) electrons. The zero-order chi connectivity index (χ0) is 24.8. The van der Waals surface area contributed by atoms with E-state index < -0.39 is 0 Å². The predicted octanol–water partition coefficient (Wildman–Crippen LogP) is 7.15.